The molecule has 6 heteroatoms. The largest absolute Gasteiger partial charge is 0.426 e. The lowest BCUT2D eigenvalue weighted by atomic mass is 10.2. The second kappa shape index (κ2) is 6.61. The van der Waals surface area contributed by atoms with E-state index < -0.39 is 11.9 Å². The van der Waals surface area contributed by atoms with Crippen molar-refractivity contribution < 1.29 is 14.3 Å². The van der Waals surface area contributed by atoms with Crippen LogP contribution in [0.15, 0.2) is 42.5 Å². The molecule has 0 bridgehead atoms. The fourth-order valence-electron chi connectivity index (χ4n) is 1.69. The zero-order chi connectivity index (χ0) is 15.4. The number of carbonyl (C=O) groups excluding carboxylic acids is 2. The Labute approximate surface area is 131 Å². The van der Waals surface area contributed by atoms with Crippen LogP contribution in [0.4, 0.5) is 5.69 Å². The Kier molecular flexibility index (Phi) is 4.83. The third-order valence-corrected chi connectivity index (χ3v) is 3.40. The summed E-state index contributed by atoms with van der Waals surface area (Å²) in [6.07, 6.45) is 0. The van der Waals surface area contributed by atoms with Gasteiger partial charge >= 0.3 is 5.97 Å². The van der Waals surface area contributed by atoms with Crippen molar-refractivity contribution in [1.82, 2.24) is 0 Å². The number of nitrogens with one attached hydrogen (secondary N) is 1. The van der Waals surface area contributed by atoms with Crippen LogP contribution in [0.1, 0.15) is 17.3 Å². The summed E-state index contributed by atoms with van der Waals surface area (Å²) in [6.45, 7) is 1.27. The quantitative estimate of drug-likeness (QED) is 0.681. The lowest BCUT2D eigenvalue weighted by Gasteiger charge is -2.11. The molecule has 2 aromatic carbocycles. The number of para-hydroxylation sites is 1. The fraction of sp³-hybridized carbons (Fsp3) is 0.0667. The number of halogens is 2. The first-order valence-corrected chi connectivity index (χ1v) is 6.77. The molecule has 0 heterocycles. The van der Waals surface area contributed by atoms with E-state index in [-0.39, 0.29) is 16.3 Å². The molecular weight excluding hydrogens is 313 g/mol. The monoisotopic (exact) mass is 323 g/mol. The van der Waals surface area contributed by atoms with Crippen LogP contribution in [0.5, 0.6) is 5.75 Å². The molecule has 0 radical (unpaired) electrons. The van der Waals surface area contributed by atoms with Gasteiger partial charge in [-0.15, -0.1) is 0 Å². The average Bonchev–Trinajstić information content (AvgIpc) is 2.44. The van der Waals surface area contributed by atoms with Crippen LogP contribution in [-0.2, 0) is 4.79 Å². The molecule has 0 unspecified atom stereocenters. The molecule has 108 valence electrons. The number of amides is 1. The summed E-state index contributed by atoms with van der Waals surface area (Å²) in [5, 5.41) is 3.22. The summed E-state index contributed by atoms with van der Waals surface area (Å²) in [5.74, 6) is -0.771. The topological polar surface area (TPSA) is 55.4 Å². The van der Waals surface area contributed by atoms with E-state index in [1.54, 1.807) is 36.4 Å². The van der Waals surface area contributed by atoms with Gasteiger partial charge in [-0.25, -0.2) is 0 Å². The average molecular weight is 324 g/mol. The van der Waals surface area contributed by atoms with Gasteiger partial charge in [-0.3, -0.25) is 9.59 Å². The van der Waals surface area contributed by atoms with E-state index in [1.807, 2.05) is 0 Å². The van der Waals surface area contributed by atoms with Crippen molar-refractivity contribution in [2.24, 2.45) is 0 Å². The zero-order valence-electron chi connectivity index (χ0n) is 11.0. The van der Waals surface area contributed by atoms with E-state index >= 15 is 0 Å². The van der Waals surface area contributed by atoms with Gasteiger partial charge in [0.05, 0.1) is 21.3 Å². The predicted molar refractivity (Wildman–Crippen MR) is 82.2 cm³/mol. The lowest BCUT2D eigenvalue weighted by Crippen LogP contribution is -2.15. The Morgan fingerprint density at radius 1 is 1.05 bits per heavy atom. The predicted octanol–water partition coefficient (Wildman–Crippen LogP) is 4.17. The number of carbonyl (C=O) groups is 2. The highest BCUT2D eigenvalue weighted by Crippen LogP contribution is 2.30. The maximum atomic E-state index is 12.3. The van der Waals surface area contributed by atoms with Crippen LogP contribution in [-0.4, -0.2) is 11.9 Å². The van der Waals surface area contributed by atoms with E-state index in [9.17, 15) is 9.59 Å². The molecule has 0 saturated carbocycles. The Hall–Kier alpha value is -2.04. The zero-order valence-corrected chi connectivity index (χ0v) is 12.5. The maximum Gasteiger partial charge on any atom is 0.308 e. The molecule has 0 saturated heterocycles. The van der Waals surface area contributed by atoms with Gasteiger partial charge < -0.3 is 10.1 Å². The SMILES string of the molecule is CC(=O)Oc1ccccc1C(=O)Nc1cccc(Cl)c1Cl. The molecule has 1 amide bonds. The van der Waals surface area contributed by atoms with Crippen molar-refractivity contribution in [2.45, 2.75) is 6.92 Å². The van der Waals surface area contributed by atoms with Gasteiger partial charge in [0, 0.05) is 6.92 Å². The summed E-state index contributed by atoms with van der Waals surface area (Å²) in [5.41, 5.74) is 0.607. The summed E-state index contributed by atoms with van der Waals surface area (Å²) < 4.78 is 5.00. The van der Waals surface area contributed by atoms with Crippen LogP contribution in [0.3, 0.4) is 0 Å². The molecule has 0 aliphatic rings. The summed E-state index contributed by atoms with van der Waals surface area (Å²) >= 11 is 11.9. The minimum atomic E-state index is -0.504. The fourth-order valence-corrected chi connectivity index (χ4v) is 2.04. The van der Waals surface area contributed by atoms with Crippen molar-refractivity contribution in [3.05, 3.63) is 58.1 Å². The molecule has 0 aromatic heterocycles. The highest BCUT2D eigenvalue weighted by atomic mass is 35.5. The molecule has 0 aliphatic carbocycles. The standard InChI is InChI=1S/C15H11Cl2NO3/c1-9(19)21-13-8-3-2-5-10(13)15(20)18-12-7-4-6-11(16)14(12)17/h2-8H,1H3,(H,18,20). The van der Waals surface area contributed by atoms with E-state index in [1.165, 1.54) is 13.0 Å². The molecule has 2 aromatic rings. The second-order valence-corrected chi connectivity index (χ2v) is 4.93. The Morgan fingerprint density at radius 2 is 1.76 bits per heavy atom. The number of hydrogen-bond acceptors (Lipinski definition) is 3. The van der Waals surface area contributed by atoms with Crippen molar-refractivity contribution in [3.63, 3.8) is 0 Å². The van der Waals surface area contributed by atoms with Gasteiger partial charge in [0.1, 0.15) is 5.75 Å². The van der Waals surface area contributed by atoms with Gasteiger partial charge in [-0.05, 0) is 24.3 Å². The van der Waals surface area contributed by atoms with Crippen LogP contribution in [0.25, 0.3) is 0 Å². The molecule has 1 N–H and O–H groups in total. The number of hydrogen-bond donors (Lipinski definition) is 1. The van der Waals surface area contributed by atoms with E-state index in [0.29, 0.717) is 10.7 Å². The second-order valence-electron chi connectivity index (χ2n) is 4.15. The number of esters is 1. The van der Waals surface area contributed by atoms with Crippen molar-refractivity contribution in [2.75, 3.05) is 5.32 Å². The van der Waals surface area contributed by atoms with Crippen LogP contribution in [0.2, 0.25) is 10.0 Å². The number of rotatable bonds is 3. The Morgan fingerprint density at radius 3 is 2.48 bits per heavy atom. The first-order chi connectivity index (χ1) is 9.99. The lowest BCUT2D eigenvalue weighted by molar-refractivity contribution is -0.131. The summed E-state index contributed by atoms with van der Waals surface area (Å²) in [4.78, 5) is 23.3. The summed E-state index contributed by atoms with van der Waals surface area (Å²) in [7, 11) is 0. The molecule has 0 fully saturated rings. The molecular formula is C15H11Cl2NO3. The van der Waals surface area contributed by atoms with Gasteiger partial charge in [-0.1, -0.05) is 41.4 Å². The van der Waals surface area contributed by atoms with Crippen molar-refractivity contribution in [3.8, 4) is 5.75 Å². The molecule has 0 atom stereocenters. The third-order valence-electron chi connectivity index (χ3n) is 2.59. The van der Waals surface area contributed by atoms with Crippen molar-refractivity contribution >= 4 is 40.8 Å². The van der Waals surface area contributed by atoms with Gasteiger partial charge in [0.15, 0.2) is 0 Å². The third kappa shape index (κ3) is 3.74. The molecule has 0 aliphatic heterocycles. The first-order valence-electron chi connectivity index (χ1n) is 6.02. The maximum absolute atomic E-state index is 12.3. The number of benzene rings is 2. The van der Waals surface area contributed by atoms with E-state index in [2.05, 4.69) is 5.32 Å². The van der Waals surface area contributed by atoms with Gasteiger partial charge in [-0.2, -0.15) is 0 Å². The van der Waals surface area contributed by atoms with Gasteiger partial charge in [0.25, 0.3) is 5.91 Å². The summed E-state index contributed by atoms with van der Waals surface area (Å²) in [6, 6.07) is 11.3. The van der Waals surface area contributed by atoms with E-state index in [4.69, 9.17) is 27.9 Å². The molecule has 2 rings (SSSR count). The highest BCUT2D eigenvalue weighted by Gasteiger charge is 2.15. The minimum absolute atomic E-state index is 0.181. The van der Waals surface area contributed by atoms with Crippen molar-refractivity contribution in [1.29, 1.82) is 0 Å². The minimum Gasteiger partial charge on any atom is -0.426 e. The normalized spacial score (nSPS) is 10.0. The highest BCUT2D eigenvalue weighted by molar-refractivity contribution is 6.44. The van der Waals surface area contributed by atoms with Gasteiger partial charge in [0.2, 0.25) is 0 Å². The van der Waals surface area contributed by atoms with E-state index in [0.717, 1.165) is 0 Å². The van der Waals surface area contributed by atoms with Crippen LogP contribution < -0.4 is 10.1 Å². The van der Waals surface area contributed by atoms with Crippen LogP contribution in [0, 0.1) is 0 Å². The smallest absolute Gasteiger partial charge is 0.308 e. The number of ether oxygens (including phenoxy) is 1. The first kappa shape index (κ1) is 15.4. The molecule has 4 nitrogen and oxygen atoms in total. The molecule has 0 spiro atoms. The number of anilines is 1. The molecule has 21 heavy (non-hydrogen) atoms. The Balaban J connectivity index is 2.29. The van der Waals surface area contributed by atoms with Crippen LogP contribution >= 0.6 is 23.2 Å². The Bertz CT molecular complexity index is 701.